The fourth-order valence-electron chi connectivity index (χ4n) is 1.06. The highest BCUT2D eigenvalue weighted by atomic mass is 32.2. The van der Waals surface area contributed by atoms with E-state index in [9.17, 15) is 4.79 Å². The number of nitrogens with one attached hydrogen (secondary N) is 1. The number of amidine groups is 1. The van der Waals surface area contributed by atoms with Crippen molar-refractivity contribution in [2.24, 2.45) is 10.9 Å². The molecule has 0 spiro atoms. The van der Waals surface area contributed by atoms with Gasteiger partial charge in [-0.3, -0.25) is 9.79 Å². The summed E-state index contributed by atoms with van der Waals surface area (Å²) in [5.41, 5.74) is 0. The number of esters is 1. The van der Waals surface area contributed by atoms with Crippen molar-refractivity contribution in [3.05, 3.63) is 0 Å². The molecule has 1 heterocycles. The van der Waals surface area contributed by atoms with Crippen LogP contribution in [0.25, 0.3) is 0 Å². The first-order valence-electron chi connectivity index (χ1n) is 4.65. The number of rotatable bonds is 3. The van der Waals surface area contributed by atoms with E-state index >= 15 is 0 Å². The molecule has 14 heavy (non-hydrogen) atoms. The minimum atomic E-state index is -0.263. The molecule has 0 fully saturated rings. The second-order valence-corrected chi connectivity index (χ2v) is 4.70. The van der Waals surface area contributed by atoms with Crippen LogP contribution in [0.5, 0.6) is 0 Å². The van der Waals surface area contributed by atoms with Crippen molar-refractivity contribution in [1.29, 1.82) is 0 Å². The van der Waals surface area contributed by atoms with E-state index in [1.165, 1.54) is 7.11 Å². The average molecular weight is 216 g/mol. The van der Waals surface area contributed by atoms with Gasteiger partial charge < -0.3 is 10.1 Å². The van der Waals surface area contributed by atoms with Crippen LogP contribution in [0.15, 0.2) is 4.99 Å². The number of carbonyl (C=O) groups excluding carboxylic acids is 1. The van der Waals surface area contributed by atoms with E-state index in [2.05, 4.69) is 28.9 Å². The van der Waals surface area contributed by atoms with Crippen LogP contribution in [0, 0.1) is 5.92 Å². The first-order chi connectivity index (χ1) is 6.63. The quantitative estimate of drug-likeness (QED) is 0.711. The molecule has 1 rings (SSSR count). The monoisotopic (exact) mass is 216 g/mol. The van der Waals surface area contributed by atoms with Gasteiger partial charge in [-0.05, 0) is 5.92 Å². The smallest absolute Gasteiger partial charge is 0.325 e. The third kappa shape index (κ3) is 3.21. The number of hydrogen-bond donors (Lipinski definition) is 1. The number of aliphatic imine (C=N–C) groups is 1. The minimum Gasteiger partial charge on any atom is -0.468 e. The molecule has 0 aromatic rings. The molecule has 80 valence electrons. The molecule has 0 amide bonds. The maximum absolute atomic E-state index is 10.8. The maximum atomic E-state index is 10.8. The predicted octanol–water partition coefficient (Wildman–Crippen LogP) is 0.876. The van der Waals surface area contributed by atoms with Crippen molar-refractivity contribution in [2.45, 2.75) is 19.1 Å². The van der Waals surface area contributed by atoms with E-state index in [1.54, 1.807) is 11.8 Å². The van der Waals surface area contributed by atoms with Crippen molar-refractivity contribution in [1.82, 2.24) is 5.32 Å². The molecule has 0 radical (unpaired) electrons. The molecule has 4 nitrogen and oxygen atoms in total. The second kappa shape index (κ2) is 5.24. The van der Waals surface area contributed by atoms with Crippen LogP contribution >= 0.6 is 11.8 Å². The van der Waals surface area contributed by atoms with Gasteiger partial charge >= 0.3 is 5.97 Å². The normalized spacial score (nSPS) is 20.9. The van der Waals surface area contributed by atoms with E-state index in [0.29, 0.717) is 11.2 Å². The highest BCUT2D eigenvalue weighted by Crippen LogP contribution is 2.25. The molecule has 0 aromatic heterocycles. The van der Waals surface area contributed by atoms with Gasteiger partial charge in [0.2, 0.25) is 0 Å². The zero-order valence-electron chi connectivity index (χ0n) is 8.74. The molecule has 0 saturated heterocycles. The van der Waals surface area contributed by atoms with Crippen LogP contribution in [0.2, 0.25) is 0 Å². The van der Waals surface area contributed by atoms with E-state index in [1.807, 2.05) is 0 Å². The zero-order valence-corrected chi connectivity index (χ0v) is 9.56. The summed E-state index contributed by atoms with van der Waals surface area (Å²) in [5.74, 6) is 0.350. The van der Waals surface area contributed by atoms with Gasteiger partial charge in [0.1, 0.15) is 6.54 Å². The fourth-order valence-corrected chi connectivity index (χ4v) is 2.07. The van der Waals surface area contributed by atoms with Crippen LogP contribution in [0.3, 0.4) is 0 Å². The molecule has 0 bridgehead atoms. The van der Waals surface area contributed by atoms with Gasteiger partial charge in [-0.25, -0.2) is 0 Å². The topological polar surface area (TPSA) is 50.7 Å². The Morgan fingerprint density at radius 2 is 2.50 bits per heavy atom. The summed E-state index contributed by atoms with van der Waals surface area (Å²) >= 11 is 1.70. The highest BCUT2D eigenvalue weighted by molar-refractivity contribution is 8.14. The maximum Gasteiger partial charge on any atom is 0.325 e. The molecule has 1 atom stereocenters. The van der Waals surface area contributed by atoms with Crippen LogP contribution in [0.1, 0.15) is 13.8 Å². The third-order valence-electron chi connectivity index (χ3n) is 2.03. The predicted molar refractivity (Wildman–Crippen MR) is 58.5 cm³/mol. The number of nitrogens with zero attached hydrogens (tertiary/aromatic N) is 1. The number of hydrogen-bond acceptors (Lipinski definition) is 5. The molecule has 0 aromatic carbocycles. The lowest BCUT2D eigenvalue weighted by molar-refractivity contribution is -0.139. The summed E-state index contributed by atoms with van der Waals surface area (Å²) in [6, 6.07) is 0. The fraction of sp³-hybridized carbons (Fsp3) is 0.778. The van der Waals surface area contributed by atoms with Gasteiger partial charge in [-0.15, -0.1) is 0 Å². The number of ether oxygens (including phenoxy) is 1. The van der Waals surface area contributed by atoms with Crippen molar-refractivity contribution in [3.63, 3.8) is 0 Å². The molecular formula is C9H16N2O2S. The van der Waals surface area contributed by atoms with E-state index in [0.717, 1.165) is 11.7 Å². The Hall–Kier alpha value is -0.710. The average Bonchev–Trinajstić information content (AvgIpc) is 2.62. The Kier molecular flexibility index (Phi) is 4.25. The van der Waals surface area contributed by atoms with Gasteiger partial charge in [0.05, 0.1) is 13.7 Å². The molecule has 0 aliphatic carbocycles. The molecule has 1 aliphatic rings. The standard InChI is InChI=1S/C9H16N2O2S/c1-6(2)7-4-10-9(14-7)11-5-8(12)13-3/h6-7H,4-5H2,1-3H3,(H,10,11). The lowest BCUT2D eigenvalue weighted by Gasteiger charge is -2.11. The molecule has 5 heteroatoms. The van der Waals surface area contributed by atoms with E-state index in [-0.39, 0.29) is 12.5 Å². The van der Waals surface area contributed by atoms with Crippen LogP contribution in [0.4, 0.5) is 0 Å². The van der Waals surface area contributed by atoms with Crippen molar-refractivity contribution < 1.29 is 9.53 Å². The largest absolute Gasteiger partial charge is 0.468 e. The Morgan fingerprint density at radius 1 is 1.79 bits per heavy atom. The number of methoxy groups -OCH3 is 1. The lowest BCUT2D eigenvalue weighted by Crippen LogP contribution is -2.27. The first kappa shape index (κ1) is 11.4. The summed E-state index contributed by atoms with van der Waals surface area (Å²) in [5, 5.41) is 4.35. The Bertz CT molecular complexity index is 241. The number of thioether (sulfide) groups is 1. The molecule has 1 aliphatic heterocycles. The van der Waals surface area contributed by atoms with Crippen LogP contribution < -0.4 is 5.32 Å². The van der Waals surface area contributed by atoms with Gasteiger partial charge in [-0.1, -0.05) is 25.6 Å². The molecule has 0 saturated carbocycles. The second-order valence-electron chi connectivity index (χ2n) is 3.48. The number of carbonyl (C=O) groups is 1. The summed E-state index contributed by atoms with van der Waals surface area (Å²) < 4.78 is 4.52. The van der Waals surface area contributed by atoms with Crippen LogP contribution in [-0.4, -0.2) is 36.6 Å². The summed E-state index contributed by atoms with van der Waals surface area (Å²) in [6.45, 7) is 5.39. The molecular weight excluding hydrogens is 200 g/mol. The summed E-state index contributed by atoms with van der Waals surface area (Å²) in [7, 11) is 1.38. The van der Waals surface area contributed by atoms with E-state index in [4.69, 9.17) is 0 Å². The SMILES string of the molecule is COC(=O)CNC1=NCC(C(C)C)S1. The first-order valence-corrected chi connectivity index (χ1v) is 5.53. The molecule has 1 unspecified atom stereocenters. The van der Waals surface area contributed by atoms with Crippen molar-refractivity contribution >= 4 is 22.9 Å². The zero-order chi connectivity index (χ0) is 10.6. The summed E-state index contributed by atoms with van der Waals surface area (Å²) in [4.78, 5) is 15.1. The van der Waals surface area contributed by atoms with Gasteiger partial charge in [0.25, 0.3) is 0 Å². The Labute approximate surface area is 88.5 Å². The Morgan fingerprint density at radius 3 is 3.00 bits per heavy atom. The lowest BCUT2D eigenvalue weighted by atomic mass is 10.1. The third-order valence-corrected chi connectivity index (χ3v) is 3.53. The van der Waals surface area contributed by atoms with Crippen molar-refractivity contribution in [3.8, 4) is 0 Å². The van der Waals surface area contributed by atoms with Gasteiger partial charge in [0.15, 0.2) is 5.17 Å². The summed E-state index contributed by atoms with van der Waals surface area (Å²) in [6.07, 6.45) is 0. The highest BCUT2D eigenvalue weighted by Gasteiger charge is 2.22. The Balaban J connectivity index is 2.25. The van der Waals surface area contributed by atoms with Gasteiger partial charge in [-0.2, -0.15) is 0 Å². The van der Waals surface area contributed by atoms with Gasteiger partial charge in [0, 0.05) is 5.25 Å². The van der Waals surface area contributed by atoms with Crippen LogP contribution in [-0.2, 0) is 9.53 Å². The minimum absolute atomic E-state index is 0.202. The van der Waals surface area contributed by atoms with E-state index < -0.39 is 0 Å². The molecule has 1 N–H and O–H groups in total. The van der Waals surface area contributed by atoms with Crippen molar-refractivity contribution in [2.75, 3.05) is 20.2 Å².